The lowest BCUT2D eigenvalue weighted by molar-refractivity contribution is 0.0194. The van der Waals surface area contributed by atoms with E-state index in [0.717, 1.165) is 58.4 Å². The molecular formula is C22H42IN5OS. The number of likely N-dealkylation sites (tertiary alicyclic amines) is 1. The van der Waals surface area contributed by atoms with Crippen molar-refractivity contribution in [2.45, 2.75) is 57.0 Å². The number of hydrogen-bond acceptors (Lipinski definition) is 5. The summed E-state index contributed by atoms with van der Waals surface area (Å²) in [4.78, 5) is 13.2. The molecule has 4 fully saturated rings. The van der Waals surface area contributed by atoms with Crippen LogP contribution in [0.4, 0.5) is 0 Å². The third-order valence-electron chi connectivity index (χ3n) is 7.35. The molecule has 0 aromatic carbocycles. The van der Waals surface area contributed by atoms with Gasteiger partial charge in [-0.25, -0.2) is 0 Å². The molecule has 1 saturated carbocycles. The van der Waals surface area contributed by atoms with E-state index in [1.165, 1.54) is 63.1 Å². The van der Waals surface area contributed by atoms with Crippen LogP contribution in [0.2, 0.25) is 0 Å². The van der Waals surface area contributed by atoms with Crippen LogP contribution in [0.15, 0.2) is 4.99 Å². The van der Waals surface area contributed by atoms with Crippen LogP contribution in [0.1, 0.15) is 45.4 Å². The molecule has 0 spiro atoms. The Balaban J connectivity index is 0.00000256. The molecule has 3 saturated heterocycles. The first-order valence-corrected chi connectivity index (χ1v) is 13.1. The van der Waals surface area contributed by atoms with Gasteiger partial charge in [-0.1, -0.05) is 19.3 Å². The Kier molecular flexibility index (Phi) is 10.3. The zero-order chi connectivity index (χ0) is 19.9. The van der Waals surface area contributed by atoms with E-state index in [0.29, 0.717) is 11.6 Å². The molecule has 1 aliphatic carbocycles. The highest BCUT2D eigenvalue weighted by atomic mass is 127. The number of hydrogen-bond donors (Lipinski definition) is 1. The zero-order valence-corrected chi connectivity index (χ0v) is 22.0. The Labute approximate surface area is 204 Å². The molecule has 1 N–H and O–H groups in total. The Bertz CT molecular complexity index is 534. The van der Waals surface area contributed by atoms with E-state index >= 15 is 0 Å². The van der Waals surface area contributed by atoms with Gasteiger partial charge in [-0.05, 0) is 26.2 Å². The van der Waals surface area contributed by atoms with Crippen LogP contribution in [0.3, 0.4) is 0 Å². The Morgan fingerprint density at radius 3 is 2.50 bits per heavy atom. The minimum Gasteiger partial charge on any atom is -0.379 e. The van der Waals surface area contributed by atoms with Crippen molar-refractivity contribution in [3.05, 3.63) is 0 Å². The minimum atomic E-state index is 0. The summed E-state index contributed by atoms with van der Waals surface area (Å²) in [6, 6.07) is 0.658. The van der Waals surface area contributed by atoms with Gasteiger partial charge in [0.15, 0.2) is 5.96 Å². The summed E-state index contributed by atoms with van der Waals surface area (Å²) in [7, 11) is 0. The summed E-state index contributed by atoms with van der Waals surface area (Å²) in [6.07, 6.45) is 8.06. The van der Waals surface area contributed by atoms with E-state index in [-0.39, 0.29) is 24.0 Å². The molecule has 0 aromatic heterocycles. The second-order valence-electron chi connectivity index (χ2n) is 9.09. The van der Waals surface area contributed by atoms with Gasteiger partial charge in [-0.2, -0.15) is 11.8 Å². The maximum atomic E-state index is 5.55. The predicted molar refractivity (Wildman–Crippen MR) is 138 cm³/mol. The average molecular weight is 552 g/mol. The normalized spacial score (nSPS) is 28.9. The van der Waals surface area contributed by atoms with Crippen molar-refractivity contribution >= 4 is 41.7 Å². The van der Waals surface area contributed by atoms with Crippen LogP contribution in [0.25, 0.3) is 0 Å². The van der Waals surface area contributed by atoms with Gasteiger partial charge < -0.3 is 15.0 Å². The van der Waals surface area contributed by atoms with E-state index in [1.54, 1.807) is 0 Å². The van der Waals surface area contributed by atoms with Crippen molar-refractivity contribution < 1.29 is 4.74 Å². The van der Waals surface area contributed by atoms with Crippen LogP contribution < -0.4 is 5.32 Å². The van der Waals surface area contributed by atoms with E-state index in [9.17, 15) is 0 Å². The number of nitrogens with zero attached hydrogens (tertiary/aromatic N) is 4. The summed E-state index contributed by atoms with van der Waals surface area (Å²) in [6.45, 7) is 12.8. The molecule has 4 aliphatic rings. The van der Waals surface area contributed by atoms with Gasteiger partial charge in [-0.15, -0.1) is 24.0 Å². The minimum absolute atomic E-state index is 0. The highest BCUT2D eigenvalue weighted by Crippen LogP contribution is 2.35. The van der Waals surface area contributed by atoms with Crippen molar-refractivity contribution in [1.82, 2.24) is 20.0 Å². The monoisotopic (exact) mass is 551 g/mol. The Hall–Kier alpha value is 0.230. The summed E-state index contributed by atoms with van der Waals surface area (Å²) in [5.74, 6) is 3.73. The van der Waals surface area contributed by atoms with E-state index < -0.39 is 0 Å². The fraction of sp³-hybridized carbons (Fsp3) is 0.955. The molecule has 0 bridgehead atoms. The number of thioether (sulfide) groups is 1. The van der Waals surface area contributed by atoms with Gasteiger partial charge in [0, 0.05) is 68.9 Å². The van der Waals surface area contributed by atoms with E-state index in [2.05, 4.69) is 38.7 Å². The molecule has 6 nitrogen and oxygen atoms in total. The lowest BCUT2D eigenvalue weighted by Crippen LogP contribution is -2.55. The first-order valence-electron chi connectivity index (χ1n) is 12.0. The van der Waals surface area contributed by atoms with Gasteiger partial charge >= 0.3 is 0 Å². The number of rotatable bonds is 5. The van der Waals surface area contributed by atoms with E-state index in [1.807, 2.05) is 0 Å². The molecule has 3 aliphatic heterocycles. The van der Waals surface area contributed by atoms with Crippen LogP contribution in [-0.4, -0.2) is 109 Å². The van der Waals surface area contributed by atoms with Gasteiger partial charge in [0.25, 0.3) is 0 Å². The molecule has 0 aromatic rings. The fourth-order valence-electron chi connectivity index (χ4n) is 5.64. The maximum Gasteiger partial charge on any atom is 0.194 e. The fourth-order valence-corrected chi connectivity index (χ4v) is 6.55. The molecule has 1 atom stereocenters. The third kappa shape index (κ3) is 6.17. The molecule has 3 heterocycles. The van der Waals surface area contributed by atoms with Gasteiger partial charge in [0.2, 0.25) is 0 Å². The number of nitrogens with one attached hydrogen (secondary N) is 1. The number of ether oxygens (including phenoxy) is 1. The van der Waals surface area contributed by atoms with Crippen LogP contribution in [0, 0.1) is 0 Å². The number of halogens is 1. The summed E-state index contributed by atoms with van der Waals surface area (Å²) in [5, 5.41) is 3.62. The molecule has 0 amide bonds. The van der Waals surface area contributed by atoms with Crippen molar-refractivity contribution in [2.75, 3.05) is 77.1 Å². The first-order chi connectivity index (χ1) is 14.3. The molecule has 4 rings (SSSR count). The summed E-state index contributed by atoms with van der Waals surface area (Å²) in [5.41, 5.74) is 0.309. The molecule has 1 unspecified atom stereocenters. The van der Waals surface area contributed by atoms with Crippen molar-refractivity contribution in [2.24, 2.45) is 4.99 Å². The third-order valence-corrected chi connectivity index (χ3v) is 8.29. The second-order valence-corrected chi connectivity index (χ2v) is 10.3. The maximum absolute atomic E-state index is 5.55. The number of guanidine groups is 1. The first kappa shape index (κ1) is 24.9. The van der Waals surface area contributed by atoms with Crippen LogP contribution in [-0.2, 0) is 4.74 Å². The molecule has 8 heteroatoms. The quantitative estimate of drug-likeness (QED) is 0.322. The highest BCUT2D eigenvalue weighted by molar-refractivity contribution is 14.0. The van der Waals surface area contributed by atoms with Gasteiger partial charge in [0.05, 0.1) is 19.8 Å². The van der Waals surface area contributed by atoms with Crippen molar-refractivity contribution in [1.29, 1.82) is 0 Å². The van der Waals surface area contributed by atoms with Crippen molar-refractivity contribution in [3.63, 3.8) is 0 Å². The second kappa shape index (κ2) is 12.5. The summed E-state index contributed by atoms with van der Waals surface area (Å²) < 4.78 is 5.55. The lowest BCUT2D eigenvalue weighted by Gasteiger charge is -2.47. The molecule has 0 radical (unpaired) electrons. The van der Waals surface area contributed by atoms with Crippen LogP contribution in [0.5, 0.6) is 0 Å². The molecule has 174 valence electrons. The van der Waals surface area contributed by atoms with Crippen LogP contribution >= 0.6 is 35.7 Å². The average Bonchev–Trinajstić information content (AvgIpc) is 3.29. The summed E-state index contributed by atoms with van der Waals surface area (Å²) >= 11 is 2.12. The Morgan fingerprint density at radius 1 is 1.07 bits per heavy atom. The number of aliphatic imine (C=N–C) groups is 1. The zero-order valence-electron chi connectivity index (χ0n) is 18.8. The topological polar surface area (TPSA) is 43.3 Å². The molecule has 30 heavy (non-hydrogen) atoms. The highest BCUT2D eigenvalue weighted by Gasteiger charge is 2.39. The van der Waals surface area contributed by atoms with E-state index in [4.69, 9.17) is 9.73 Å². The standard InChI is InChI=1S/C22H41N5OS.HI/c1-2-23-21(26-9-6-20(18-26)25-10-14-28-15-11-25)24-19-22(7-4-3-5-8-22)27-12-16-29-17-13-27;/h20H,2-19H2,1H3,(H,23,24);1H. The SMILES string of the molecule is CCNC(=NCC1(N2CCSCC2)CCCCC1)N1CCC(N2CCOCC2)C1.I. The van der Waals surface area contributed by atoms with Crippen molar-refractivity contribution in [3.8, 4) is 0 Å². The number of morpholine rings is 1. The lowest BCUT2D eigenvalue weighted by atomic mass is 9.80. The van der Waals surface area contributed by atoms with Gasteiger partial charge in [0.1, 0.15) is 0 Å². The molecular weight excluding hydrogens is 509 g/mol. The smallest absolute Gasteiger partial charge is 0.194 e. The predicted octanol–water partition coefficient (Wildman–Crippen LogP) is 2.73. The Morgan fingerprint density at radius 2 is 1.80 bits per heavy atom. The largest absolute Gasteiger partial charge is 0.379 e. The van der Waals surface area contributed by atoms with Gasteiger partial charge in [-0.3, -0.25) is 14.8 Å².